The molecule has 0 aliphatic carbocycles. The van der Waals surface area contributed by atoms with Gasteiger partial charge in [0.25, 0.3) is 0 Å². The Morgan fingerprint density at radius 2 is 1.23 bits per heavy atom. The highest BCUT2D eigenvalue weighted by Gasteiger charge is 2.45. The molecule has 0 spiro atoms. The minimum Gasteiger partial charge on any atom is -0.209 e. The SMILES string of the molecule is CC(F)=C(F)C(F)(F)C(F)=C(F)F. The van der Waals surface area contributed by atoms with Crippen LogP contribution in [0.25, 0.3) is 0 Å². The number of alkyl halides is 2. The minimum absolute atomic E-state index is 0.257. The number of allylic oxidation sites excluding steroid dienone is 3. The molecular formula is C6H3F7. The Bertz CT molecular complexity index is 228. The second kappa shape index (κ2) is 3.80. The Morgan fingerprint density at radius 3 is 1.46 bits per heavy atom. The summed E-state index contributed by atoms with van der Waals surface area (Å²) < 4.78 is 82.5. The predicted molar refractivity (Wildman–Crippen MR) is 30.2 cm³/mol. The lowest BCUT2D eigenvalue weighted by molar-refractivity contribution is 0.0229. The monoisotopic (exact) mass is 208 g/mol. The van der Waals surface area contributed by atoms with E-state index in [0.29, 0.717) is 0 Å². The molecule has 0 saturated heterocycles. The molecule has 13 heavy (non-hydrogen) atoms. The van der Waals surface area contributed by atoms with Crippen molar-refractivity contribution in [1.29, 1.82) is 0 Å². The molecule has 0 aliphatic heterocycles. The molecule has 0 aromatic rings. The van der Waals surface area contributed by atoms with E-state index in [1.807, 2.05) is 0 Å². The summed E-state index contributed by atoms with van der Waals surface area (Å²) in [7, 11) is 0. The quantitative estimate of drug-likeness (QED) is 0.604. The van der Waals surface area contributed by atoms with E-state index in [9.17, 15) is 30.7 Å². The molecule has 0 aliphatic rings. The number of hydrogen-bond acceptors (Lipinski definition) is 0. The van der Waals surface area contributed by atoms with E-state index in [0.717, 1.165) is 0 Å². The Morgan fingerprint density at radius 1 is 0.846 bits per heavy atom. The molecule has 0 aromatic carbocycles. The molecule has 0 saturated carbocycles. The smallest absolute Gasteiger partial charge is 0.209 e. The molecular weight excluding hydrogens is 205 g/mol. The van der Waals surface area contributed by atoms with Crippen LogP contribution < -0.4 is 0 Å². The van der Waals surface area contributed by atoms with Crippen molar-refractivity contribution in [2.24, 2.45) is 0 Å². The van der Waals surface area contributed by atoms with Crippen molar-refractivity contribution < 1.29 is 30.7 Å². The van der Waals surface area contributed by atoms with Gasteiger partial charge in [-0.3, -0.25) is 0 Å². The van der Waals surface area contributed by atoms with Crippen molar-refractivity contribution in [3.05, 3.63) is 23.6 Å². The lowest BCUT2D eigenvalue weighted by Crippen LogP contribution is -2.19. The van der Waals surface area contributed by atoms with E-state index in [-0.39, 0.29) is 6.92 Å². The van der Waals surface area contributed by atoms with Crippen molar-refractivity contribution in [2.75, 3.05) is 0 Å². The molecule has 0 heterocycles. The van der Waals surface area contributed by atoms with Crippen molar-refractivity contribution >= 4 is 0 Å². The first-order valence-corrected chi connectivity index (χ1v) is 2.82. The highest BCUT2D eigenvalue weighted by molar-refractivity contribution is 5.21. The minimum atomic E-state index is -5.24. The van der Waals surface area contributed by atoms with Crippen molar-refractivity contribution in [3.63, 3.8) is 0 Å². The van der Waals surface area contributed by atoms with Crippen LogP contribution in [0.3, 0.4) is 0 Å². The molecule has 0 radical (unpaired) electrons. The van der Waals surface area contributed by atoms with Gasteiger partial charge in [0.2, 0.25) is 11.7 Å². The highest BCUT2D eigenvalue weighted by atomic mass is 19.3. The number of halogens is 7. The van der Waals surface area contributed by atoms with Gasteiger partial charge in [0.1, 0.15) is 5.83 Å². The third kappa shape index (κ3) is 2.46. The van der Waals surface area contributed by atoms with Crippen LogP contribution in [0.5, 0.6) is 0 Å². The van der Waals surface area contributed by atoms with E-state index < -0.39 is 29.5 Å². The van der Waals surface area contributed by atoms with E-state index in [4.69, 9.17) is 0 Å². The third-order valence-corrected chi connectivity index (χ3v) is 1.02. The largest absolute Gasteiger partial charge is 0.357 e. The number of rotatable bonds is 2. The van der Waals surface area contributed by atoms with E-state index >= 15 is 0 Å². The van der Waals surface area contributed by atoms with Gasteiger partial charge < -0.3 is 0 Å². The topological polar surface area (TPSA) is 0 Å². The Balaban J connectivity index is 5.23. The Hall–Kier alpha value is -1.01. The van der Waals surface area contributed by atoms with Crippen LogP contribution in [0.15, 0.2) is 23.6 Å². The van der Waals surface area contributed by atoms with Gasteiger partial charge in [-0.15, -0.1) is 0 Å². The first-order chi connectivity index (χ1) is 5.71. The summed E-state index contributed by atoms with van der Waals surface area (Å²) in [5, 5.41) is 0. The summed E-state index contributed by atoms with van der Waals surface area (Å²) in [6, 6.07) is 0. The third-order valence-electron chi connectivity index (χ3n) is 1.02. The summed E-state index contributed by atoms with van der Waals surface area (Å²) in [6.07, 6.45) is -3.39. The zero-order chi connectivity index (χ0) is 10.8. The molecule has 0 amide bonds. The van der Waals surface area contributed by atoms with E-state index in [1.165, 1.54) is 0 Å². The maximum absolute atomic E-state index is 12.1. The zero-order valence-corrected chi connectivity index (χ0v) is 6.15. The average molecular weight is 208 g/mol. The highest BCUT2D eigenvalue weighted by Crippen LogP contribution is 2.38. The van der Waals surface area contributed by atoms with Gasteiger partial charge in [0.15, 0.2) is 0 Å². The fourth-order valence-electron chi connectivity index (χ4n) is 0.431. The van der Waals surface area contributed by atoms with Crippen LogP contribution in [0.4, 0.5) is 30.7 Å². The predicted octanol–water partition coefficient (Wildman–Crippen LogP) is 3.87. The van der Waals surface area contributed by atoms with Crippen molar-refractivity contribution in [3.8, 4) is 0 Å². The molecule has 0 aromatic heterocycles. The lowest BCUT2D eigenvalue weighted by Gasteiger charge is -2.10. The second-order valence-electron chi connectivity index (χ2n) is 2.00. The van der Waals surface area contributed by atoms with Crippen LogP contribution in [-0.2, 0) is 0 Å². The Kier molecular flexibility index (Phi) is 3.50. The molecule has 7 heteroatoms. The van der Waals surface area contributed by atoms with Gasteiger partial charge in [-0.2, -0.15) is 22.0 Å². The fourth-order valence-corrected chi connectivity index (χ4v) is 0.431. The van der Waals surface area contributed by atoms with Crippen molar-refractivity contribution in [2.45, 2.75) is 12.8 Å². The summed E-state index contributed by atoms with van der Waals surface area (Å²) in [6.45, 7) is 0.257. The molecule has 0 rings (SSSR count). The Labute approximate surface area is 68.3 Å². The summed E-state index contributed by atoms with van der Waals surface area (Å²) in [5.41, 5.74) is 0. The summed E-state index contributed by atoms with van der Waals surface area (Å²) in [5.74, 6) is -13.4. The first kappa shape index (κ1) is 12.0. The van der Waals surface area contributed by atoms with Crippen LogP contribution in [-0.4, -0.2) is 5.92 Å². The van der Waals surface area contributed by atoms with Gasteiger partial charge in [-0.25, -0.2) is 8.78 Å². The molecule has 0 nitrogen and oxygen atoms in total. The van der Waals surface area contributed by atoms with Crippen LogP contribution in [0.2, 0.25) is 0 Å². The van der Waals surface area contributed by atoms with Crippen LogP contribution in [0, 0.1) is 0 Å². The first-order valence-electron chi connectivity index (χ1n) is 2.82. The van der Waals surface area contributed by atoms with Gasteiger partial charge in [0, 0.05) is 0 Å². The summed E-state index contributed by atoms with van der Waals surface area (Å²) in [4.78, 5) is 0. The lowest BCUT2D eigenvalue weighted by atomic mass is 10.2. The normalized spacial score (nSPS) is 13.8. The van der Waals surface area contributed by atoms with Crippen molar-refractivity contribution in [1.82, 2.24) is 0 Å². The fraction of sp³-hybridized carbons (Fsp3) is 0.333. The molecule has 0 N–H and O–H groups in total. The maximum Gasteiger partial charge on any atom is 0.357 e. The van der Waals surface area contributed by atoms with Crippen LogP contribution >= 0.6 is 0 Å². The van der Waals surface area contributed by atoms with Gasteiger partial charge in [0.05, 0.1) is 0 Å². The van der Waals surface area contributed by atoms with Crippen LogP contribution in [0.1, 0.15) is 6.92 Å². The molecule has 0 fully saturated rings. The average Bonchev–Trinajstić information content (AvgIpc) is 2.01. The van der Waals surface area contributed by atoms with E-state index in [2.05, 4.69) is 0 Å². The second-order valence-corrected chi connectivity index (χ2v) is 2.00. The molecule has 0 bridgehead atoms. The van der Waals surface area contributed by atoms with Gasteiger partial charge in [-0.1, -0.05) is 0 Å². The van der Waals surface area contributed by atoms with Gasteiger partial charge >= 0.3 is 12.0 Å². The standard InChI is InChI=1S/C6H3F7/c1-2(7)3(8)6(12,13)4(9)5(10)11/h1H3. The molecule has 0 atom stereocenters. The molecule has 0 unspecified atom stereocenters. The van der Waals surface area contributed by atoms with Gasteiger partial charge in [-0.05, 0) is 6.92 Å². The van der Waals surface area contributed by atoms with E-state index in [1.54, 1.807) is 0 Å². The number of hydrogen-bond donors (Lipinski definition) is 0. The molecule has 76 valence electrons. The summed E-state index contributed by atoms with van der Waals surface area (Å²) >= 11 is 0. The maximum atomic E-state index is 12.1. The zero-order valence-electron chi connectivity index (χ0n) is 6.15.